The quantitative estimate of drug-likeness (QED) is 0.763. The second-order valence-electron chi connectivity index (χ2n) is 3.73. The fraction of sp³-hybridized carbons (Fsp3) is 0.167. The molecule has 16 heavy (non-hydrogen) atoms. The van der Waals surface area contributed by atoms with Gasteiger partial charge in [0.05, 0.1) is 5.56 Å². The Morgan fingerprint density at radius 3 is 2.38 bits per heavy atom. The van der Waals surface area contributed by atoms with Crippen molar-refractivity contribution >= 4 is 0 Å². The van der Waals surface area contributed by atoms with Gasteiger partial charge in [0.2, 0.25) is 5.88 Å². The lowest BCUT2D eigenvalue weighted by Crippen LogP contribution is -2.12. The fourth-order valence-electron chi connectivity index (χ4n) is 1.37. The molecule has 4 nitrogen and oxygen atoms in total. The zero-order chi connectivity index (χ0) is 11.7. The van der Waals surface area contributed by atoms with E-state index < -0.39 is 0 Å². The van der Waals surface area contributed by atoms with Crippen LogP contribution in [0.15, 0.2) is 29.1 Å². The summed E-state index contributed by atoms with van der Waals surface area (Å²) in [7, 11) is 0. The number of hydrogen-bond acceptors (Lipinski definition) is 3. The number of rotatable bonds is 1. The van der Waals surface area contributed by atoms with Crippen molar-refractivity contribution in [2.45, 2.75) is 13.8 Å². The summed E-state index contributed by atoms with van der Waals surface area (Å²) in [5.74, 6) is 0.160. The molecule has 4 heteroatoms. The maximum Gasteiger partial charge on any atom is 0.257 e. The Bertz CT molecular complexity index is 571. The Kier molecular flexibility index (Phi) is 2.48. The minimum Gasteiger partial charge on any atom is -0.493 e. The topological polar surface area (TPSA) is 66.0 Å². The van der Waals surface area contributed by atoms with Gasteiger partial charge >= 0.3 is 0 Å². The largest absolute Gasteiger partial charge is 0.493 e. The molecule has 0 amide bonds. The van der Waals surface area contributed by atoms with E-state index in [0.717, 1.165) is 11.1 Å². The molecule has 0 aliphatic rings. The maximum atomic E-state index is 11.4. The van der Waals surface area contributed by atoms with Gasteiger partial charge in [0.25, 0.3) is 5.56 Å². The molecule has 0 saturated heterocycles. The number of aromatic amines is 1. The van der Waals surface area contributed by atoms with Crippen LogP contribution >= 0.6 is 0 Å². The van der Waals surface area contributed by atoms with Gasteiger partial charge in [-0.05, 0) is 13.8 Å². The van der Waals surface area contributed by atoms with Crippen LogP contribution in [0, 0.1) is 13.8 Å². The van der Waals surface area contributed by atoms with Crippen molar-refractivity contribution in [1.29, 1.82) is 0 Å². The van der Waals surface area contributed by atoms with Crippen LogP contribution in [0.4, 0.5) is 0 Å². The lowest BCUT2D eigenvalue weighted by Gasteiger charge is -2.03. The van der Waals surface area contributed by atoms with E-state index in [1.807, 2.05) is 31.2 Å². The Morgan fingerprint density at radius 2 is 1.81 bits per heavy atom. The van der Waals surface area contributed by atoms with Gasteiger partial charge in [-0.3, -0.25) is 4.79 Å². The highest BCUT2D eigenvalue weighted by atomic mass is 16.3. The van der Waals surface area contributed by atoms with E-state index in [0.29, 0.717) is 5.82 Å². The van der Waals surface area contributed by atoms with Crippen molar-refractivity contribution in [3.63, 3.8) is 0 Å². The van der Waals surface area contributed by atoms with Crippen LogP contribution in [0.5, 0.6) is 5.88 Å². The summed E-state index contributed by atoms with van der Waals surface area (Å²) in [5, 5.41) is 9.47. The highest BCUT2D eigenvalue weighted by Crippen LogP contribution is 2.17. The van der Waals surface area contributed by atoms with Crippen molar-refractivity contribution in [2.24, 2.45) is 0 Å². The monoisotopic (exact) mass is 216 g/mol. The highest BCUT2D eigenvalue weighted by Gasteiger charge is 2.07. The summed E-state index contributed by atoms with van der Waals surface area (Å²) >= 11 is 0. The molecule has 0 aliphatic carbocycles. The molecule has 2 N–H and O–H groups in total. The van der Waals surface area contributed by atoms with Crippen molar-refractivity contribution in [2.75, 3.05) is 0 Å². The number of benzene rings is 1. The Labute approximate surface area is 92.6 Å². The average Bonchev–Trinajstić information content (AvgIpc) is 2.26. The van der Waals surface area contributed by atoms with Gasteiger partial charge in [0.1, 0.15) is 5.82 Å². The van der Waals surface area contributed by atoms with Gasteiger partial charge in [0.15, 0.2) is 0 Å². The number of nitrogens with one attached hydrogen (secondary N) is 1. The summed E-state index contributed by atoms with van der Waals surface area (Å²) in [6.45, 7) is 3.51. The summed E-state index contributed by atoms with van der Waals surface area (Å²) in [6.07, 6.45) is 0. The van der Waals surface area contributed by atoms with E-state index >= 15 is 0 Å². The normalized spacial score (nSPS) is 10.4. The molecular weight excluding hydrogens is 204 g/mol. The van der Waals surface area contributed by atoms with E-state index in [4.69, 9.17) is 0 Å². The van der Waals surface area contributed by atoms with Crippen molar-refractivity contribution in [1.82, 2.24) is 9.97 Å². The summed E-state index contributed by atoms with van der Waals surface area (Å²) in [5.41, 5.74) is 1.82. The molecule has 0 atom stereocenters. The van der Waals surface area contributed by atoms with E-state index in [9.17, 15) is 9.90 Å². The van der Waals surface area contributed by atoms with Gasteiger partial charge in [0, 0.05) is 5.56 Å². The lowest BCUT2D eigenvalue weighted by atomic mass is 10.1. The number of hydrogen-bond donors (Lipinski definition) is 2. The third-order valence-corrected chi connectivity index (χ3v) is 2.45. The number of aromatic hydroxyl groups is 1. The predicted octanol–water partition coefficient (Wildman–Crippen LogP) is 1.76. The first-order valence-electron chi connectivity index (χ1n) is 4.95. The molecule has 2 rings (SSSR count). The second kappa shape index (κ2) is 3.81. The molecule has 1 aromatic heterocycles. The molecule has 0 bridgehead atoms. The van der Waals surface area contributed by atoms with Gasteiger partial charge in [-0.1, -0.05) is 29.8 Å². The molecular formula is C12H12N2O2. The molecule has 0 saturated carbocycles. The van der Waals surface area contributed by atoms with Crippen LogP contribution in [0.25, 0.3) is 11.4 Å². The number of aryl methyl sites for hydroxylation is 1. The maximum absolute atomic E-state index is 11.4. The third kappa shape index (κ3) is 1.82. The second-order valence-corrected chi connectivity index (χ2v) is 3.73. The van der Waals surface area contributed by atoms with Crippen LogP contribution in [0.2, 0.25) is 0 Å². The van der Waals surface area contributed by atoms with E-state index in [2.05, 4.69) is 9.97 Å². The van der Waals surface area contributed by atoms with E-state index in [1.54, 1.807) is 0 Å². The zero-order valence-electron chi connectivity index (χ0n) is 9.11. The van der Waals surface area contributed by atoms with Crippen LogP contribution in [0.3, 0.4) is 0 Å². The van der Waals surface area contributed by atoms with Gasteiger partial charge in [-0.15, -0.1) is 0 Å². The molecule has 0 radical (unpaired) electrons. The third-order valence-electron chi connectivity index (χ3n) is 2.45. The Balaban J connectivity index is 2.57. The van der Waals surface area contributed by atoms with Gasteiger partial charge < -0.3 is 10.1 Å². The minimum absolute atomic E-state index is 0.223. The molecule has 0 fully saturated rings. The first-order valence-corrected chi connectivity index (χ1v) is 4.95. The predicted molar refractivity (Wildman–Crippen MR) is 61.4 cm³/mol. The molecule has 1 heterocycles. The molecule has 0 aliphatic heterocycles. The molecule has 0 spiro atoms. The zero-order valence-corrected chi connectivity index (χ0v) is 9.11. The fourth-order valence-corrected chi connectivity index (χ4v) is 1.37. The number of H-pyrrole nitrogens is 1. The lowest BCUT2D eigenvalue weighted by molar-refractivity contribution is 0.447. The van der Waals surface area contributed by atoms with Crippen LogP contribution < -0.4 is 5.56 Å². The smallest absolute Gasteiger partial charge is 0.257 e. The SMILES string of the molecule is Cc1ccc(-c2nc(O)c(C)c(=O)[nH]2)cc1. The van der Waals surface area contributed by atoms with Crippen LogP contribution in [-0.4, -0.2) is 15.1 Å². The number of nitrogens with zero attached hydrogens (tertiary/aromatic N) is 1. The molecule has 1 aromatic carbocycles. The minimum atomic E-state index is -0.317. The first kappa shape index (κ1) is 10.4. The molecule has 0 unspecified atom stereocenters. The first-order chi connectivity index (χ1) is 7.58. The van der Waals surface area contributed by atoms with Crippen molar-refractivity contribution in [3.8, 4) is 17.3 Å². The van der Waals surface area contributed by atoms with Crippen molar-refractivity contribution in [3.05, 3.63) is 45.7 Å². The molecule has 2 aromatic rings. The van der Waals surface area contributed by atoms with Gasteiger partial charge in [-0.25, -0.2) is 0 Å². The highest BCUT2D eigenvalue weighted by molar-refractivity contribution is 5.55. The Morgan fingerprint density at radius 1 is 1.19 bits per heavy atom. The number of aromatic nitrogens is 2. The van der Waals surface area contributed by atoms with E-state index in [1.165, 1.54) is 6.92 Å². The summed E-state index contributed by atoms with van der Waals surface area (Å²) in [6, 6.07) is 7.54. The standard InChI is InChI=1S/C12H12N2O2/c1-7-3-5-9(6-4-7)10-13-11(15)8(2)12(16)14-10/h3-6H,1-2H3,(H2,13,14,15,16). The van der Waals surface area contributed by atoms with Crippen molar-refractivity contribution < 1.29 is 5.11 Å². The average molecular weight is 216 g/mol. The molecule has 82 valence electrons. The summed E-state index contributed by atoms with van der Waals surface area (Å²) < 4.78 is 0. The van der Waals surface area contributed by atoms with E-state index in [-0.39, 0.29) is 17.0 Å². The summed E-state index contributed by atoms with van der Waals surface area (Å²) in [4.78, 5) is 18.0. The van der Waals surface area contributed by atoms with Gasteiger partial charge in [-0.2, -0.15) is 4.98 Å². The Hall–Kier alpha value is -2.10. The van der Waals surface area contributed by atoms with Crippen LogP contribution in [0.1, 0.15) is 11.1 Å². The van der Waals surface area contributed by atoms with Crippen LogP contribution in [-0.2, 0) is 0 Å².